The maximum absolute atomic E-state index is 11.5. The molecule has 0 fully saturated rings. The van der Waals surface area contributed by atoms with Crippen LogP contribution in [-0.4, -0.2) is 41.3 Å². The van der Waals surface area contributed by atoms with E-state index in [2.05, 4.69) is 5.32 Å². The summed E-state index contributed by atoms with van der Waals surface area (Å²) in [6.45, 7) is -0.633. The van der Waals surface area contributed by atoms with E-state index in [1.165, 1.54) is 0 Å². The molecule has 0 saturated carbocycles. The number of halogens is 1. The van der Waals surface area contributed by atoms with Gasteiger partial charge in [-0.1, -0.05) is 11.6 Å². The third-order valence-electron chi connectivity index (χ3n) is 2.23. The van der Waals surface area contributed by atoms with Crippen LogP contribution in [0.5, 0.6) is 5.75 Å². The van der Waals surface area contributed by atoms with Gasteiger partial charge in [0, 0.05) is 18.1 Å². The summed E-state index contributed by atoms with van der Waals surface area (Å²) in [5.74, 6) is -1.32. The Morgan fingerprint density at radius 2 is 1.95 bits per heavy atom. The van der Waals surface area contributed by atoms with Crippen molar-refractivity contribution in [3.05, 3.63) is 29.3 Å². The molecule has 0 aromatic heterocycles. The van der Waals surface area contributed by atoms with E-state index in [4.69, 9.17) is 26.6 Å². The zero-order chi connectivity index (χ0) is 14.3. The van der Waals surface area contributed by atoms with Gasteiger partial charge in [0.25, 0.3) is 5.91 Å². The van der Waals surface area contributed by atoms with Crippen molar-refractivity contribution >= 4 is 23.5 Å². The van der Waals surface area contributed by atoms with E-state index < -0.39 is 17.9 Å². The highest BCUT2D eigenvalue weighted by molar-refractivity contribution is 6.30. The summed E-state index contributed by atoms with van der Waals surface area (Å²) < 4.78 is 5.16. The molecule has 104 valence electrons. The minimum absolute atomic E-state index is 0.0536. The zero-order valence-corrected chi connectivity index (χ0v) is 10.8. The van der Waals surface area contributed by atoms with Gasteiger partial charge in [0.05, 0.1) is 0 Å². The first-order chi connectivity index (χ1) is 9.02. The molecule has 0 aliphatic rings. The normalized spacial score (nSPS) is 11.7. The molecule has 0 bridgehead atoms. The molecular formula is C12H14ClNO5. The Balaban J connectivity index is 2.42. The Morgan fingerprint density at radius 3 is 2.47 bits per heavy atom. The standard InChI is InChI=1S/C12H14ClNO5/c13-8-1-3-9(4-2-8)19-7-11(16)14-10(5-6-15)12(17)18/h1-4,10,15H,5-7H2,(H,14,16)(H,17,18)/t10-/m0/s1. The molecule has 1 aromatic carbocycles. The number of amides is 1. The number of carboxylic acids is 1. The fraction of sp³-hybridized carbons (Fsp3) is 0.333. The van der Waals surface area contributed by atoms with Crippen LogP contribution in [0, 0.1) is 0 Å². The van der Waals surface area contributed by atoms with Gasteiger partial charge < -0.3 is 20.3 Å². The molecule has 0 unspecified atom stereocenters. The lowest BCUT2D eigenvalue weighted by molar-refractivity contribution is -0.142. The van der Waals surface area contributed by atoms with E-state index in [-0.39, 0.29) is 19.6 Å². The largest absolute Gasteiger partial charge is 0.484 e. The van der Waals surface area contributed by atoms with Crippen molar-refractivity contribution in [1.82, 2.24) is 5.32 Å². The van der Waals surface area contributed by atoms with Gasteiger partial charge in [-0.3, -0.25) is 4.79 Å². The van der Waals surface area contributed by atoms with Crippen molar-refractivity contribution in [2.45, 2.75) is 12.5 Å². The van der Waals surface area contributed by atoms with E-state index in [9.17, 15) is 9.59 Å². The second kappa shape index (κ2) is 7.60. The smallest absolute Gasteiger partial charge is 0.326 e. The van der Waals surface area contributed by atoms with Gasteiger partial charge in [-0.15, -0.1) is 0 Å². The van der Waals surface area contributed by atoms with Crippen LogP contribution < -0.4 is 10.1 Å². The number of rotatable bonds is 7. The average Bonchev–Trinajstić information content (AvgIpc) is 2.37. The Labute approximate surface area is 114 Å². The van der Waals surface area contributed by atoms with Gasteiger partial charge in [-0.25, -0.2) is 4.79 Å². The summed E-state index contributed by atoms with van der Waals surface area (Å²) in [6.07, 6.45) is -0.0536. The molecule has 6 nitrogen and oxygen atoms in total. The van der Waals surface area contributed by atoms with E-state index in [0.717, 1.165) is 0 Å². The third-order valence-corrected chi connectivity index (χ3v) is 2.49. The molecule has 1 aromatic rings. The molecule has 0 heterocycles. The zero-order valence-electron chi connectivity index (χ0n) is 10.0. The Bertz CT molecular complexity index is 434. The number of aliphatic carboxylic acids is 1. The number of aliphatic hydroxyl groups excluding tert-OH is 1. The maximum Gasteiger partial charge on any atom is 0.326 e. The summed E-state index contributed by atoms with van der Waals surface area (Å²) >= 11 is 5.69. The summed E-state index contributed by atoms with van der Waals surface area (Å²) in [5.41, 5.74) is 0. The number of hydrogen-bond acceptors (Lipinski definition) is 4. The van der Waals surface area contributed by atoms with Gasteiger partial charge in [-0.05, 0) is 24.3 Å². The fourth-order valence-corrected chi connectivity index (χ4v) is 1.43. The van der Waals surface area contributed by atoms with Crippen molar-refractivity contribution in [1.29, 1.82) is 0 Å². The van der Waals surface area contributed by atoms with Crippen molar-refractivity contribution in [2.24, 2.45) is 0 Å². The predicted octanol–water partition coefficient (Wildman–Crippen LogP) is 0.671. The number of carboxylic acid groups (broad SMARTS) is 1. The lowest BCUT2D eigenvalue weighted by Gasteiger charge is -2.13. The Morgan fingerprint density at radius 1 is 1.32 bits per heavy atom. The Kier molecular flexibility index (Phi) is 6.11. The number of hydrogen-bond donors (Lipinski definition) is 3. The second-order valence-electron chi connectivity index (χ2n) is 3.71. The Hall–Kier alpha value is -1.79. The van der Waals surface area contributed by atoms with Gasteiger partial charge >= 0.3 is 5.97 Å². The first kappa shape index (κ1) is 15.3. The number of nitrogens with one attached hydrogen (secondary N) is 1. The first-order valence-electron chi connectivity index (χ1n) is 5.54. The lowest BCUT2D eigenvalue weighted by atomic mass is 10.2. The minimum Gasteiger partial charge on any atom is -0.484 e. The number of aliphatic hydroxyl groups is 1. The third kappa shape index (κ3) is 5.58. The minimum atomic E-state index is -1.20. The second-order valence-corrected chi connectivity index (χ2v) is 4.15. The fourth-order valence-electron chi connectivity index (χ4n) is 1.30. The molecule has 0 radical (unpaired) electrons. The number of carbonyl (C=O) groups excluding carboxylic acids is 1. The van der Waals surface area contributed by atoms with Crippen molar-refractivity contribution < 1.29 is 24.5 Å². The summed E-state index contributed by atoms with van der Waals surface area (Å²) in [5, 5.41) is 20.3. The number of benzene rings is 1. The van der Waals surface area contributed by atoms with E-state index in [0.29, 0.717) is 10.8 Å². The molecule has 19 heavy (non-hydrogen) atoms. The molecule has 7 heteroatoms. The number of carbonyl (C=O) groups is 2. The van der Waals surface area contributed by atoms with Crippen LogP contribution in [0.25, 0.3) is 0 Å². The van der Waals surface area contributed by atoms with Crippen LogP contribution in [0.4, 0.5) is 0 Å². The van der Waals surface area contributed by atoms with Crippen LogP contribution in [0.15, 0.2) is 24.3 Å². The summed E-state index contributed by atoms with van der Waals surface area (Å²) in [7, 11) is 0. The van der Waals surface area contributed by atoms with E-state index in [1.54, 1.807) is 24.3 Å². The SMILES string of the molecule is O=C(COc1ccc(Cl)cc1)N[C@@H](CCO)C(=O)O. The molecule has 3 N–H and O–H groups in total. The molecular weight excluding hydrogens is 274 g/mol. The van der Waals surface area contributed by atoms with Gasteiger partial charge in [0.2, 0.25) is 0 Å². The molecule has 0 aliphatic heterocycles. The molecule has 1 rings (SSSR count). The lowest BCUT2D eigenvalue weighted by Crippen LogP contribution is -2.43. The van der Waals surface area contributed by atoms with Crippen LogP contribution in [0.1, 0.15) is 6.42 Å². The molecule has 1 atom stereocenters. The molecule has 0 spiro atoms. The van der Waals surface area contributed by atoms with E-state index in [1.807, 2.05) is 0 Å². The molecule has 1 amide bonds. The van der Waals surface area contributed by atoms with Gasteiger partial charge in [0.15, 0.2) is 6.61 Å². The summed E-state index contributed by atoms with van der Waals surface area (Å²) in [6, 6.07) is 5.29. The van der Waals surface area contributed by atoms with Crippen LogP contribution >= 0.6 is 11.6 Å². The molecule has 0 saturated heterocycles. The highest BCUT2D eigenvalue weighted by Gasteiger charge is 2.19. The van der Waals surface area contributed by atoms with Crippen LogP contribution in [-0.2, 0) is 9.59 Å². The monoisotopic (exact) mass is 287 g/mol. The van der Waals surface area contributed by atoms with Gasteiger partial charge in [-0.2, -0.15) is 0 Å². The number of ether oxygens (including phenoxy) is 1. The van der Waals surface area contributed by atoms with Crippen molar-refractivity contribution in [3.8, 4) is 5.75 Å². The first-order valence-corrected chi connectivity index (χ1v) is 5.92. The highest BCUT2D eigenvalue weighted by atomic mass is 35.5. The quantitative estimate of drug-likeness (QED) is 0.685. The average molecular weight is 288 g/mol. The highest BCUT2D eigenvalue weighted by Crippen LogP contribution is 2.15. The van der Waals surface area contributed by atoms with Gasteiger partial charge in [0.1, 0.15) is 11.8 Å². The van der Waals surface area contributed by atoms with Crippen LogP contribution in [0.2, 0.25) is 5.02 Å². The maximum atomic E-state index is 11.5. The van der Waals surface area contributed by atoms with Crippen LogP contribution in [0.3, 0.4) is 0 Å². The van der Waals surface area contributed by atoms with E-state index >= 15 is 0 Å². The van der Waals surface area contributed by atoms with Crippen molar-refractivity contribution in [3.63, 3.8) is 0 Å². The topological polar surface area (TPSA) is 95.9 Å². The summed E-state index contributed by atoms with van der Waals surface area (Å²) in [4.78, 5) is 22.2. The predicted molar refractivity (Wildman–Crippen MR) is 68.2 cm³/mol. The van der Waals surface area contributed by atoms with Crippen molar-refractivity contribution in [2.75, 3.05) is 13.2 Å². The molecule has 0 aliphatic carbocycles.